The Hall–Kier alpha value is -0.915. The van der Waals surface area contributed by atoms with Gasteiger partial charge in [-0.15, -0.1) is 0 Å². The molecule has 0 fully saturated rings. The lowest BCUT2D eigenvalue weighted by atomic mass is 10.2. The molecule has 0 bridgehead atoms. The van der Waals surface area contributed by atoms with Crippen LogP contribution in [0.5, 0.6) is 5.75 Å². The van der Waals surface area contributed by atoms with E-state index in [-0.39, 0.29) is 0 Å². The van der Waals surface area contributed by atoms with Crippen molar-refractivity contribution in [1.82, 2.24) is 0 Å². The molecular weight excluding hydrogens is 111 g/mol. The van der Waals surface area contributed by atoms with Gasteiger partial charge in [-0.05, 0) is 24.6 Å². The van der Waals surface area contributed by atoms with E-state index in [4.69, 9.17) is 8.05 Å². The summed E-state index contributed by atoms with van der Waals surface area (Å²) in [6.45, 7) is 1.99. The van der Waals surface area contributed by atoms with Gasteiger partial charge in [0.25, 0.3) is 0 Å². The molecule has 0 N–H and O–H groups in total. The Kier molecular flexibility index (Phi) is 1.78. The summed E-state index contributed by atoms with van der Waals surface area (Å²) >= 11 is 0. The normalized spacial score (nSPS) is 9.00. The van der Waals surface area contributed by atoms with Crippen molar-refractivity contribution in [1.29, 1.82) is 0 Å². The van der Waals surface area contributed by atoms with E-state index in [1.807, 2.05) is 31.2 Å². The van der Waals surface area contributed by atoms with E-state index in [1.54, 1.807) is 0 Å². The van der Waals surface area contributed by atoms with Gasteiger partial charge in [0.2, 0.25) is 0 Å². The molecule has 0 atom stereocenters. The van der Waals surface area contributed by atoms with Crippen molar-refractivity contribution in [2.45, 2.75) is 6.92 Å². The maximum absolute atomic E-state index is 4.92. The Morgan fingerprint density at radius 3 is 2.67 bits per heavy atom. The highest BCUT2D eigenvalue weighted by Gasteiger charge is 1.86. The van der Waals surface area contributed by atoms with Crippen LogP contribution in [0.15, 0.2) is 24.3 Å². The summed E-state index contributed by atoms with van der Waals surface area (Å²) < 4.78 is 4.50. The van der Waals surface area contributed by atoms with E-state index in [0.29, 0.717) is 5.75 Å². The first-order valence-corrected chi connectivity index (χ1v) is 2.76. The molecule has 0 amide bonds. The van der Waals surface area contributed by atoms with Crippen molar-refractivity contribution in [3.05, 3.63) is 29.8 Å². The monoisotopic (exact) mass is 118 g/mol. The second-order valence-corrected chi connectivity index (χ2v) is 1.93. The lowest BCUT2D eigenvalue weighted by Crippen LogP contribution is -1.83. The third kappa shape index (κ3) is 1.49. The number of benzene rings is 1. The summed E-state index contributed by atoms with van der Waals surface area (Å²) in [4.78, 5) is 0. The van der Waals surface area contributed by atoms with Crippen molar-refractivity contribution in [3.63, 3.8) is 0 Å². The second-order valence-electron chi connectivity index (χ2n) is 1.93. The summed E-state index contributed by atoms with van der Waals surface area (Å²) in [6.07, 6.45) is 0. The van der Waals surface area contributed by atoms with Crippen LogP contribution in [0, 0.1) is 6.92 Å². The summed E-state index contributed by atoms with van der Waals surface area (Å²) in [5, 5.41) is 0. The third-order valence-electron chi connectivity index (χ3n) is 1.13. The molecule has 1 rings (SSSR count). The van der Waals surface area contributed by atoms with Gasteiger partial charge in [0.05, 0.1) is 5.75 Å². The van der Waals surface area contributed by atoms with Crippen molar-refractivity contribution < 1.29 is 4.65 Å². The predicted molar refractivity (Wildman–Crippen MR) is 37.6 cm³/mol. The first kappa shape index (κ1) is 6.21. The molecule has 1 aromatic rings. The fraction of sp³-hybridized carbons (Fsp3) is 0.143. The molecule has 0 aliphatic heterocycles. The molecule has 0 spiro atoms. The number of hydrogen-bond acceptors (Lipinski definition) is 1. The number of aryl methyl sites for hydroxylation is 1. The van der Waals surface area contributed by atoms with E-state index >= 15 is 0 Å². The van der Waals surface area contributed by atoms with Crippen molar-refractivity contribution >= 4 is 8.05 Å². The highest BCUT2D eigenvalue weighted by molar-refractivity contribution is 5.99. The van der Waals surface area contributed by atoms with Gasteiger partial charge in [-0.1, -0.05) is 12.1 Å². The first-order valence-electron chi connectivity index (χ1n) is 2.76. The molecule has 1 nitrogen and oxygen atoms in total. The molecule has 44 valence electrons. The number of hydrogen-bond donors (Lipinski definition) is 0. The predicted octanol–water partition coefficient (Wildman–Crippen LogP) is 1.46. The van der Waals surface area contributed by atoms with Crippen LogP contribution < -0.4 is 4.65 Å². The topological polar surface area (TPSA) is 9.23 Å². The van der Waals surface area contributed by atoms with Crippen LogP contribution in [-0.4, -0.2) is 8.05 Å². The standard InChI is InChI=1S/C7H7BO/c1-6-3-2-4-7(5-6)9-8/h2-5H,1H3. The lowest BCUT2D eigenvalue weighted by molar-refractivity contribution is 0.615. The van der Waals surface area contributed by atoms with Crippen LogP contribution in [0.1, 0.15) is 5.56 Å². The highest BCUT2D eigenvalue weighted by atomic mass is 16.4. The zero-order chi connectivity index (χ0) is 6.69. The molecular formula is C7H7BO. The Bertz CT molecular complexity index is 198. The van der Waals surface area contributed by atoms with Gasteiger partial charge < -0.3 is 4.65 Å². The Labute approximate surface area is 56.1 Å². The van der Waals surface area contributed by atoms with Gasteiger partial charge >= 0.3 is 8.05 Å². The summed E-state index contributed by atoms with van der Waals surface area (Å²) in [5.74, 6) is 0.704. The van der Waals surface area contributed by atoms with E-state index in [9.17, 15) is 0 Å². The van der Waals surface area contributed by atoms with E-state index in [0.717, 1.165) is 5.56 Å². The minimum atomic E-state index is 0.704. The van der Waals surface area contributed by atoms with Crippen LogP contribution in [0.4, 0.5) is 0 Å². The third-order valence-corrected chi connectivity index (χ3v) is 1.13. The largest absolute Gasteiger partial charge is 0.568 e. The molecule has 1 aromatic carbocycles. The van der Waals surface area contributed by atoms with Crippen molar-refractivity contribution in [2.75, 3.05) is 0 Å². The van der Waals surface area contributed by atoms with Gasteiger partial charge in [0.1, 0.15) is 0 Å². The molecule has 0 saturated carbocycles. The Morgan fingerprint density at radius 1 is 1.44 bits per heavy atom. The molecule has 2 radical (unpaired) electrons. The summed E-state index contributed by atoms with van der Waals surface area (Å²) in [6, 6.07) is 7.58. The van der Waals surface area contributed by atoms with Gasteiger partial charge in [-0.25, -0.2) is 0 Å². The smallest absolute Gasteiger partial charge is 0.374 e. The fourth-order valence-corrected chi connectivity index (χ4v) is 0.689. The minimum Gasteiger partial charge on any atom is -0.568 e. The van der Waals surface area contributed by atoms with Gasteiger partial charge in [0, 0.05) is 0 Å². The second kappa shape index (κ2) is 2.58. The van der Waals surface area contributed by atoms with Gasteiger partial charge in [0.15, 0.2) is 0 Å². The molecule has 2 heteroatoms. The molecule has 0 aromatic heterocycles. The SMILES string of the molecule is [B]Oc1cccc(C)c1. The van der Waals surface area contributed by atoms with E-state index in [1.165, 1.54) is 0 Å². The molecule has 0 aliphatic carbocycles. The van der Waals surface area contributed by atoms with Crippen LogP contribution in [0.3, 0.4) is 0 Å². The molecule has 0 unspecified atom stereocenters. The maximum Gasteiger partial charge on any atom is 0.374 e. The fourth-order valence-electron chi connectivity index (χ4n) is 0.689. The minimum absolute atomic E-state index is 0.704. The highest BCUT2D eigenvalue weighted by Crippen LogP contribution is 2.10. The van der Waals surface area contributed by atoms with Crippen molar-refractivity contribution in [2.24, 2.45) is 0 Å². The lowest BCUT2D eigenvalue weighted by Gasteiger charge is -1.98. The average Bonchev–Trinajstić information content (AvgIpc) is 1.88. The maximum atomic E-state index is 4.92. The Morgan fingerprint density at radius 2 is 2.22 bits per heavy atom. The number of rotatable bonds is 1. The summed E-state index contributed by atoms with van der Waals surface area (Å²) in [5.41, 5.74) is 1.15. The molecule has 0 saturated heterocycles. The van der Waals surface area contributed by atoms with E-state index < -0.39 is 0 Å². The first-order chi connectivity index (χ1) is 4.33. The van der Waals surface area contributed by atoms with Crippen LogP contribution >= 0.6 is 0 Å². The van der Waals surface area contributed by atoms with Crippen LogP contribution in [0.25, 0.3) is 0 Å². The molecule has 9 heavy (non-hydrogen) atoms. The van der Waals surface area contributed by atoms with Gasteiger partial charge in [-0.3, -0.25) is 0 Å². The Balaban J connectivity index is 2.94. The zero-order valence-electron chi connectivity index (χ0n) is 5.29. The van der Waals surface area contributed by atoms with Crippen LogP contribution in [-0.2, 0) is 0 Å². The average molecular weight is 118 g/mol. The van der Waals surface area contributed by atoms with Crippen LogP contribution in [0.2, 0.25) is 0 Å². The van der Waals surface area contributed by atoms with Gasteiger partial charge in [-0.2, -0.15) is 0 Å². The molecule has 0 heterocycles. The summed E-state index contributed by atoms with van der Waals surface area (Å²) in [7, 11) is 4.92. The molecule has 0 aliphatic rings. The van der Waals surface area contributed by atoms with E-state index in [2.05, 4.69) is 4.65 Å². The zero-order valence-corrected chi connectivity index (χ0v) is 5.29. The van der Waals surface area contributed by atoms with Crippen molar-refractivity contribution in [3.8, 4) is 5.75 Å². The quantitative estimate of drug-likeness (QED) is 0.507.